The van der Waals surface area contributed by atoms with Crippen molar-refractivity contribution in [1.82, 2.24) is 25.1 Å². The van der Waals surface area contributed by atoms with Gasteiger partial charge in [-0.3, -0.25) is 4.79 Å². The van der Waals surface area contributed by atoms with E-state index in [9.17, 15) is 9.59 Å². The quantitative estimate of drug-likeness (QED) is 0.871. The highest BCUT2D eigenvalue weighted by atomic mass is 16.2. The Bertz CT molecular complexity index is 762. The fourth-order valence-electron chi connectivity index (χ4n) is 3.08. The summed E-state index contributed by atoms with van der Waals surface area (Å²) < 4.78 is 1.98. The summed E-state index contributed by atoms with van der Waals surface area (Å²) in [6.07, 6.45) is 3.91. The molecule has 7 heteroatoms. The highest BCUT2D eigenvalue weighted by molar-refractivity contribution is 5.97. The van der Waals surface area contributed by atoms with Crippen molar-refractivity contribution in [3.8, 4) is 0 Å². The van der Waals surface area contributed by atoms with Gasteiger partial charge in [-0.2, -0.15) is 0 Å². The Morgan fingerprint density at radius 1 is 1.24 bits per heavy atom. The molecule has 1 fully saturated rings. The van der Waals surface area contributed by atoms with Gasteiger partial charge in [-0.1, -0.05) is 0 Å². The van der Waals surface area contributed by atoms with Gasteiger partial charge < -0.3 is 20.1 Å². The number of benzene rings is 1. The van der Waals surface area contributed by atoms with Gasteiger partial charge in [0.1, 0.15) is 0 Å². The second-order valence-electron chi connectivity index (χ2n) is 6.70. The molecular formula is C18H25N5O2. The van der Waals surface area contributed by atoms with Crippen LogP contribution in [-0.4, -0.2) is 52.1 Å². The van der Waals surface area contributed by atoms with Crippen molar-refractivity contribution in [3.05, 3.63) is 30.1 Å². The van der Waals surface area contributed by atoms with Crippen LogP contribution in [-0.2, 0) is 6.54 Å². The van der Waals surface area contributed by atoms with Crippen molar-refractivity contribution in [2.45, 2.75) is 39.3 Å². The first-order chi connectivity index (χ1) is 12.0. The standard InChI is InChI=1S/C18H25N5O2/c1-13(2)21-18(25)19-7-10-23-12-20-15-11-14(5-6-16(15)23)17(24)22-8-3-4-9-22/h5-6,11-13H,3-4,7-10H2,1-2H3,(H2,19,21,25). The van der Waals surface area contributed by atoms with Crippen molar-refractivity contribution in [3.63, 3.8) is 0 Å². The molecule has 7 nitrogen and oxygen atoms in total. The van der Waals surface area contributed by atoms with Crippen molar-refractivity contribution in [1.29, 1.82) is 0 Å². The Balaban J connectivity index is 1.64. The van der Waals surface area contributed by atoms with Crippen molar-refractivity contribution >= 4 is 23.0 Å². The second-order valence-corrected chi connectivity index (χ2v) is 6.70. The van der Waals surface area contributed by atoms with E-state index in [1.807, 2.05) is 41.5 Å². The van der Waals surface area contributed by atoms with E-state index in [2.05, 4.69) is 15.6 Å². The molecule has 3 amide bonds. The predicted molar refractivity (Wildman–Crippen MR) is 96.5 cm³/mol. The SMILES string of the molecule is CC(C)NC(=O)NCCn1cnc2cc(C(=O)N3CCCC3)ccc21. The molecule has 134 valence electrons. The van der Waals surface area contributed by atoms with Crippen LogP contribution in [0.2, 0.25) is 0 Å². The molecule has 25 heavy (non-hydrogen) atoms. The Morgan fingerprint density at radius 3 is 2.72 bits per heavy atom. The van der Waals surface area contributed by atoms with Gasteiger partial charge in [0.25, 0.3) is 5.91 Å². The molecule has 0 radical (unpaired) electrons. The Kier molecular flexibility index (Phi) is 5.21. The molecule has 2 heterocycles. The van der Waals surface area contributed by atoms with Crippen LogP contribution in [0.3, 0.4) is 0 Å². The Morgan fingerprint density at radius 2 is 2.00 bits per heavy atom. The van der Waals surface area contributed by atoms with Crippen LogP contribution in [0.15, 0.2) is 24.5 Å². The number of hydrogen-bond acceptors (Lipinski definition) is 3. The van der Waals surface area contributed by atoms with E-state index in [1.165, 1.54) is 0 Å². The largest absolute Gasteiger partial charge is 0.339 e. The summed E-state index contributed by atoms with van der Waals surface area (Å²) in [7, 11) is 0. The molecular weight excluding hydrogens is 318 g/mol. The number of likely N-dealkylation sites (tertiary alicyclic amines) is 1. The molecule has 1 saturated heterocycles. The molecule has 1 aromatic heterocycles. The van der Waals surface area contributed by atoms with Gasteiger partial charge in [0, 0.05) is 37.8 Å². The molecule has 0 unspecified atom stereocenters. The summed E-state index contributed by atoms with van der Waals surface area (Å²) in [5.74, 6) is 0.0842. The van der Waals surface area contributed by atoms with Crippen LogP contribution >= 0.6 is 0 Å². The van der Waals surface area contributed by atoms with E-state index in [4.69, 9.17) is 0 Å². The number of aromatic nitrogens is 2. The first-order valence-corrected chi connectivity index (χ1v) is 8.83. The smallest absolute Gasteiger partial charge is 0.315 e. The fraction of sp³-hybridized carbons (Fsp3) is 0.500. The molecule has 0 bridgehead atoms. The minimum Gasteiger partial charge on any atom is -0.339 e. The maximum atomic E-state index is 12.5. The zero-order chi connectivity index (χ0) is 17.8. The molecule has 1 aliphatic heterocycles. The van der Waals surface area contributed by atoms with Crippen LogP contribution < -0.4 is 10.6 Å². The average Bonchev–Trinajstić information content (AvgIpc) is 3.23. The van der Waals surface area contributed by atoms with Crippen LogP contribution in [0.4, 0.5) is 4.79 Å². The number of imidazole rings is 1. The van der Waals surface area contributed by atoms with Crippen LogP contribution in [0.5, 0.6) is 0 Å². The van der Waals surface area contributed by atoms with Crippen molar-refractivity contribution < 1.29 is 9.59 Å². The average molecular weight is 343 g/mol. The van der Waals surface area contributed by atoms with Crippen molar-refractivity contribution in [2.75, 3.05) is 19.6 Å². The van der Waals surface area contributed by atoms with Gasteiger partial charge in [0.2, 0.25) is 0 Å². The molecule has 2 N–H and O–H groups in total. The molecule has 3 rings (SSSR count). The van der Waals surface area contributed by atoms with Gasteiger partial charge in [-0.25, -0.2) is 9.78 Å². The number of fused-ring (bicyclic) bond motifs is 1. The van der Waals surface area contributed by atoms with Gasteiger partial charge >= 0.3 is 6.03 Å². The van der Waals surface area contributed by atoms with Gasteiger partial charge in [-0.15, -0.1) is 0 Å². The van der Waals surface area contributed by atoms with Gasteiger partial charge in [0.15, 0.2) is 0 Å². The molecule has 0 aliphatic carbocycles. The number of carbonyl (C=O) groups is 2. The molecule has 1 aromatic carbocycles. The number of carbonyl (C=O) groups excluding carboxylic acids is 2. The third-order valence-corrected chi connectivity index (χ3v) is 4.32. The molecule has 2 aromatic rings. The van der Waals surface area contributed by atoms with Gasteiger partial charge in [0.05, 0.1) is 17.4 Å². The number of hydrogen-bond donors (Lipinski definition) is 2. The maximum Gasteiger partial charge on any atom is 0.315 e. The van der Waals surface area contributed by atoms with E-state index in [0.717, 1.165) is 37.0 Å². The van der Waals surface area contributed by atoms with Crippen LogP contribution in [0, 0.1) is 0 Å². The third-order valence-electron chi connectivity index (χ3n) is 4.32. The zero-order valence-corrected chi connectivity index (χ0v) is 14.8. The van der Waals surface area contributed by atoms with E-state index in [0.29, 0.717) is 18.7 Å². The lowest BCUT2D eigenvalue weighted by molar-refractivity contribution is 0.0793. The minimum atomic E-state index is -0.169. The van der Waals surface area contributed by atoms with E-state index >= 15 is 0 Å². The molecule has 0 atom stereocenters. The molecule has 1 aliphatic rings. The topological polar surface area (TPSA) is 79.3 Å². The highest BCUT2D eigenvalue weighted by Crippen LogP contribution is 2.18. The second kappa shape index (κ2) is 7.55. The number of urea groups is 1. The summed E-state index contributed by atoms with van der Waals surface area (Å²) in [4.78, 5) is 30.4. The predicted octanol–water partition coefficient (Wildman–Crippen LogP) is 1.98. The van der Waals surface area contributed by atoms with E-state index in [-0.39, 0.29) is 18.0 Å². The fourth-order valence-corrected chi connectivity index (χ4v) is 3.08. The summed E-state index contributed by atoms with van der Waals surface area (Å²) >= 11 is 0. The maximum absolute atomic E-state index is 12.5. The number of nitrogens with zero attached hydrogens (tertiary/aromatic N) is 3. The summed E-state index contributed by atoms with van der Waals surface area (Å²) in [5.41, 5.74) is 2.45. The number of nitrogens with one attached hydrogen (secondary N) is 2. The summed E-state index contributed by atoms with van der Waals surface area (Å²) in [6, 6.07) is 5.59. The van der Waals surface area contributed by atoms with E-state index < -0.39 is 0 Å². The first-order valence-electron chi connectivity index (χ1n) is 8.83. The number of amides is 3. The van der Waals surface area contributed by atoms with Crippen LogP contribution in [0.25, 0.3) is 11.0 Å². The summed E-state index contributed by atoms with van der Waals surface area (Å²) in [5, 5.41) is 5.61. The van der Waals surface area contributed by atoms with E-state index in [1.54, 1.807) is 6.33 Å². The lowest BCUT2D eigenvalue weighted by Crippen LogP contribution is -2.40. The van der Waals surface area contributed by atoms with Crippen LogP contribution in [0.1, 0.15) is 37.0 Å². The number of rotatable bonds is 5. The van der Waals surface area contributed by atoms with Crippen molar-refractivity contribution in [2.24, 2.45) is 0 Å². The first kappa shape index (κ1) is 17.3. The summed E-state index contributed by atoms with van der Waals surface area (Å²) in [6.45, 7) is 6.67. The Hall–Kier alpha value is -2.57. The molecule has 0 spiro atoms. The lowest BCUT2D eigenvalue weighted by atomic mass is 10.1. The normalized spacial score (nSPS) is 14.3. The zero-order valence-electron chi connectivity index (χ0n) is 14.8. The monoisotopic (exact) mass is 343 g/mol. The lowest BCUT2D eigenvalue weighted by Gasteiger charge is -2.15. The van der Waals surface area contributed by atoms with Gasteiger partial charge in [-0.05, 0) is 44.9 Å². The highest BCUT2D eigenvalue weighted by Gasteiger charge is 2.20. The molecule has 0 saturated carbocycles. The Labute approximate surface area is 147 Å². The minimum absolute atomic E-state index is 0.0842. The third kappa shape index (κ3) is 4.10.